The monoisotopic (exact) mass is 272 g/mol. The molecule has 16 heavy (non-hydrogen) atoms. The summed E-state index contributed by atoms with van der Waals surface area (Å²) in [5.74, 6) is 0. The smallest absolute Gasteiger partial charge is 0.124 e. The number of hydrogen-bond donors (Lipinski definition) is 1. The predicted molar refractivity (Wildman–Crippen MR) is 71.8 cm³/mol. The highest BCUT2D eigenvalue weighted by Crippen LogP contribution is 2.37. The van der Waals surface area contributed by atoms with Crippen LogP contribution in [0.15, 0.2) is 17.5 Å². The zero-order valence-corrected chi connectivity index (χ0v) is 11.5. The second kappa shape index (κ2) is 4.88. The molecule has 0 aromatic carbocycles. The lowest BCUT2D eigenvalue weighted by atomic mass is 10.2. The number of aliphatic hydroxyl groups is 1. The summed E-state index contributed by atoms with van der Waals surface area (Å²) in [7, 11) is 0. The van der Waals surface area contributed by atoms with Gasteiger partial charge in [-0.2, -0.15) is 0 Å². The van der Waals surface area contributed by atoms with E-state index in [2.05, 4.69) is 13.0 Å². The molecule has 2 rings (SSSR count). The van der Waals surface area contributed by atoms with Crippen molar-refractivity contribution in [1.29, 1.82) is 0 Å². The number of aryl methyl sites for hydroxylation is 2. The molecule has 0 aliphatic carbocycles. The first-order chi connectivity index (χ1) is 7.63. The van der Waals surface area contributed by atoms with Gasteiger partial charge in [-0.25, -0.2) is 0 Å². The van der Waals surface area contributed by atoms with Crippen LogP contribution in [0, 0.1) is 6.92 Å². The molecule has 0 bridgehead atoms. The standard InChI is InChI=1S/C12H13ClOS2/c1-3-8-4-5-9(16-8)11(14)12-10(13)7(2)6-15-12/h4-6,11,14H,3H2,1-2H3. The Hall–Kier alpha value is -0.350. The van der Waals surface area contributed by atoms with Gasteiger partial charge in [-0.1, -0.05) is 18.5 Å². The van der Waals surface area contributed by atoms with E-state index in [1.165, 1.54) is 16.2 Å². The van der Waals surface area contributed by atoms with Crippen LogP contribution in [0.2, 0.25) is 5.02 Å². The Bertz CT molecular complexity index is 487. The van der Waals surface area contributed by atoms with E-state index in [9.17, 15) is 5.11 Å². The minimum absolute atomic E-state index is 0.573. The molecule has 0 radical (unpaired) electrons. The molecule has 1 nitrogen and oxygen atoms in total. The van der Waals surface area contributed by atoms with Crippen molar-refractivity contribution < 1.29 is 5.11 Å². The van der Waals surface area contributed by atoms with Gasteiger partial charge in [0.15, 0.2) is 0 Å². The van der Waals surface area contributed by atoms with Crippen LogP contribution in [0.1, 0.15) is 33.2 Å². The van der Waals surface area contributed by atoms with Crippen molar-refractivity contribution in [2.45, 2.75) is 26.4 Å². The van der Waals surface area contributed by atoms with Crippen LogP contribution in [0.4, 0.5) is 0 Å². The molecule has 0 spiro atoms. The molecular formula is C12H13ClOS2. The van der Waals surface area contributed by atoms with Crippen molar-refractivity contribution in [1.82, 2.24) is 0 Å². The van der Waals surface area contributed by atoms with Crippen LogP contribution in [0.3, 0.4) is 0 Å². The van der Waals surface area contributed by atoms with Gasteiger partial charge < -0.3 is 5.11 Å². The van der Waals surface area contributed by atoms with Gasteiger partial charge >= 0.3 is 0 Å². The Labute approximate surface area is 108 Å². The Morgan fingerprint density at radius 2 is 2.19 bits per heavy atom. The summed E-state index contributed by atoms with van der Waals surface area (Å²) >= 11 is 9.32. The number of aliphatic hydroxyl groups excluding tert-OH is 1. The van der Waals surface area contributed by atoms with E-state index in [0.717, 1.165) is 21.7 Å². The number of halogens is 1. The third-order valence-electron chi connectivity index (χ3n) is 2.47. The lowest BCUT2D eigenvalue weighted by Crippen LogP contribution is -1.94. The van der Waals surface area contributed by atoms with Crippen molar-refractivity contribution in [3.63, 3.8) is 0 Å². The third kappa shape index (κ3) is 2.18. The van der Waals surface area contributed by atoms with Gasteiger partial charge in [-0.05, 0) is 36.4 Å². The molecule has 0 saturated carbocycles. The van der Waals surface area contributed by atoms with E-state index in [1.54, 1.807) is 11.3 Å². The quantitative estimate of drug-likeness (QED) is 0.877. The molecule has 2 aromatic rings. The largest absolute Gasteiger partial charge is 0.382 e. The summed E-state index contributed by atoms with van der Waals surface area (Å²) in [4.78, 5) is 3.11. The number of thiophene rings is 2. The summed E-state index contributed by atoms with van der Waals surface area (Å²) in [6.45, 7) is 4.07. The minimum Gasteiger partial charge on any atom is -0.382 e. The van der Waals surface area contributed by atoms with Crippen molar-refractivity contribution in [2.24, 2.45) is 0 Å². The number of hydrogen-bond acceptors (Lipinski definition) is 3. The fourth-order valence-corrected chi connectivity index (χ4v) is 3.82. The van der Waals surface area contributed by atoms with Crippen LogP contribution in [-0.2, 0) is 6.42 Å². The zero-order valence-electron chi connectivity index (χ0n) is 9.16. The molecule has 4 heteroatoms. The average molecular weight is 273 g/mol. The summed E-state index contributed by atoms with van der Waals surface area (Å²) in [5.41, 5.74) is 1.04. The van der Waals surface area contributed by atoms with Gasteiger partial charge in [0.2, 0.25) is 0 Å². The van der Waals surface area contributed by atoms with Crippen LogP contribution in [0.5, 0.6) is 0 Å². The van der Waals surface area contributed by atoms with Gasteiger partial charge in [-0.15, -0.1) is 22.7 Å². The van der Waals surface area contributed by atoms with E-state index in [1.807, 2.05) is 18.4 Å². The van der Waals surface area contributed by atoms with Crippen molar-refractivity contribution in [3.05, 3.63) is 42.7 Å². The molecule has 0 fully saturated rings. The van der Waals surface area contributed by atoms with Crippen molar-refractivity contribution >= 4 is 34.3 Å². The molecule has 0 aliphatic rings. The van der Waals surface area contributed by atoms with Crippen molar-refractivity contribution in [2.75, 3.05) is 0 Å². The molecule has 2 aromatic heterocycles. The maximum atomic E-state index is 10.2. The maximum Gasteiger partial charge on any atom is 0.124 e. The first kappa shape index (κ1) is 12.1. The molecule has 1 N–H and O–H groups in total. The first-order valence-electron chi connectivity index (χ1n) is 5.13. The average Bonchev–Trinajstić information content (AvgIpc) is 2.87. The Kier molecular flexibility index (Phi) is 3.70. The van der Waals surface area contributed by atoms with Crippen LogP contribution in [0.25, 0.3) is 0 Å². The van der Waals surface area contributed by atoms with Gasteiger partial charge in [0, 0.05) is 9.75 Å². The van der Waals surface area contributed by atoms with E-state index in [-0.39, 0.29) is 0 Å². The Morgan fingerprint density at radius 3 is 2.69 bits per heavy atom. The van der Waals surface area contributed by atoms with Gasteiger partial charge in [0.05, 0.1) is 9.90 Å². The van der Waals surface area contributed by atoms with E-state index >= 15 is 0 Å². The maximum absolute atomic E-state index is 10.2. The summed E-state index contributed by atoms with van der Waals surface area (Å²) in [5, 5.41) is 12.9. The van der Waals surface area contributed by atoms with Crippen LogP contribution >= 0.6 is 34.3 Å². The van der Waals surface area contributed by atoms with Gasteiger partial charge in [-0.3, -0.25) is 0 Å². The minimum atomic E-state index is -0.573. The fourth-order valence-electron chi connectivity index (χ4n) is 1.49. The normalized spacial score (nSPS) is 13.0. The molecule has 1 unspecified atom stereocenters. The molecule has 0 amide bonds. The highest BCUT2D eigenvalue weighted by Gasteiger charge is 2.18. The molecule has 2 heterocycles. The second-order valence-electron chi connectivity index (χ2n) is 3.66. The lowest BCUT2D eigenvalue weighted by molar-refractivity contribution is 0.228. The first-order valence-corrected chi connectivity index (χ1v) is 7.21. The molecule has 0 saturated heterocycles. The van der Waals surface area contributed by atoms with Crippen LogP contribution in [-0.4, -0.2) is 5.11 Å². The zero-order chi connectivity index (χ0) is 11.7. The molecular weight excluding hydrogens is 260 g/mol. The molecule has 1 atom stereocenters. The summed E-state index contributed by atoms with van der Waals surface area (Å²) in [6, 6.07) is 4.05. The third-order valence-corrected chi connectivity index (χ3v) is 5.52. The van der Waals surface area contributed by atoms with E-state index in [0.29, 0.717) is 5.02 Å². The highest BCUT2D eigenvalue weighted by molar-refractivity contribution is 7.13. The van der Waals surface area contributed by atoms with Crippen molar-refractivity contribution in [3.8, 4) is 0 Å². The Morgan fingerprint density at radius 1 is 1.44 bits per heavy atom. The van der Waals surface area contributed by atoms with Gasteiger partial charge in [0.25, 0.3) is 0 Å². The topological polar surface area (TPSA) is 20.2 Å². The van der Waals surface area contributed by atoms with E-state index in [4.69, 9.17) is 11.6 Å². The summed E-state index contributed by atoms with van der Waals surface area (Å²) in [6.07, 6.45) is 0.436. The number of rotatable bonds is 3. The molecule has 0 aliphatic heterocycles. The second-order valence-corrected chi connectivity index (χ2v) is 6.15. The lowest BCUT2D eigenvalue weighted by Gasteiger charge is -2.06. The Balaban J connectivity index is 2.31. The van der Waals surface area contributed by atoms with Crippen LogP contribution < -0.4 is 0 Å². The molecule has 86 valence electrons. The van der Waals surface area contributed by atoms with Gasteiger partial charge in [0.1, 0.15) is 6.10 Å². The summed E-state index contributed by atoms with van der Waals surface area (Å²) < 4.78 is 0. The fraction of sp³-hybridized carbons (Fsp3) is 0.333. The van der Waals surface area contributed by atoms with E-state index < -0.39 is 6.10 Å². The predicted octanol–water partition coefficient (Wildman–Crippen LogP) is 4.42. The highest BCUT2D eigenvalue weighted by atomic mass is 35.5. The SMILES string of the molecule is CCc1ccc(C(O)c2scc(C)c2Cl)s1.